The number of hydrogen-bond donors (Lipinski definition) is 6. The van der Waals surface area contributed by atoms with Crippen molar-refractivity contribution in [3.8, 4) is 0 Å². The molecule has 6 amide bonds. The number of likely N-dealkylation sites (N-methyl/N-ethyl adjacent to an activating group) is 4. The van der Waals surface area contributed by atoms with Crippen molar-refractivity contribution in [2.45, 2.75) is 346 Å². The number of aliphatic hydroxyl groups excluding tert-OH is 2. The molecule has 0 aliphatic carbocycles. The Morgan fingerprint density at radius 3 is 1.13 bits per heavy atom. The fourth-order valence-corrected chi connectivity index (χ4v) is 18.7. The van der Waals surface area contributed by atoms with Crippen LogP contribution in [-0.4, -0.2) is 264 Å². The Bertz CT molecular complexity index is 4250. The van der Waals surface area contributed by atoms with E-state index >= 15 is 0 Å². The highest BCUT2D eigenvalue weighted by Gasteiger charge is 2.47. The number of aliphatic hydroxyl groups is 2. The lowest BCUT2D eigenvalue weighted by Gasteiger charge is -2.41. The summed E-state index contributed by atoms with van der Waals surface area (Å²) in [4.78, 5) is 144. The van der Waals surface area contributed by atoms with Crippen molar-refractivity contribution in [1.82, 2.24) is 40.0 Å². The van der Waals surface area contributed by atoms with Crippen LogP contribution >= 0.6 is 0 Å². The number of amides is 6. The molecule has 4 aromatic carbocycles. The van der Waals surface area contributed by atoms with Crippen LogP contribution in [0.4, 0.5) is 0 Å². The molecule has 0 saturated carbocycles. The van der Waals surface area contributed by atoms with Gasteiger partial charge in [-0.25, -0.2) is 0 Å². The fraction of sp³-hybridized carbons (Fsp3) is 0.679. The third-order valence-corrected chi connectivity index (χ3v) is 26.2. The number of rotatable bonds is 48. The van der Waals surface area contributed by atoms with Crippen molar-refractivity contribution >= 4 is 59.1 Å². The van der Waals surface area contributed by atoms with Crippen LogP contribution in [0.3, 0.4) is 0 Å². The lowest BCUT2D eigenvalue weighted by atomic mass is 9.83. The van der Waals surface area contributed by atoms with Crippen LogP contribution in [0.1, 0.15) is 263 Å². The van der Waals surface area contributed by atoms with Gasteiger partial charge >= 0.3 is 17.9 Å². The van der Waals surface area contributed by atoms with E-state index in [2.05, 4.69) is 38.3 Å². The summed E-state index contributed by atoms with van der Waals surface area (Å²) in [5.74, 6) is -4.46. The molecule has 2 aliphatic rings. The molecule has 4 aromatic rings. The predicted octanol–water partition coefficient (Wildman–Crippen LogP) is 14.3. The number of nitrogens with one attached hydrogen (secondary N) is 2. The summed E-state index contributed by atoms with van der Waals surface area (Å²) in [7, 11) is 13.5. The molecule has 28 nitrogen and oxygen atoms in total. The molecule has 756 valence electrons. The van der Waals surface area contributed by atoms with Gasteiger partial charge < -0.3 is 79.7 Å². The fourth-order valence-electron chi connectivity index (χ4n) is 18.7. The van der Waals surface area contributed by atoms with E-state index in [4.69, 9.17) is 34.2 Å². The predicted molar refractivity (Wildman–Crippen MR) is 528 cm³/mol. The summed E-state index contributed by atoms with van der Waals surface area (Å²) in [6.07, 6.45) is 0.902. The molecule has 6 rings (SSSR count). The molecule has 7 N–H and O–H groups in total. The van der Waals surface area contributed by atoms with Crippen molar-refractivity contribution in [2.75, 3.05) is 69.7 Å². The minimum absolute atomic E-state index is 0. The standard InChI is InChI=1S/C53H84N4O9.C33H56N4O6.C19H29NO4.CH4/c1-16-35(6)48(44(64-14)31-45(59)57-27-21-26-42(57)50(65-15)36(7)51(62)54-37(8)49(61)40-24-18-17-19-25-40)56(13)52(63)41(33(2)3)30-43(58)47(34(4)5)55(12)32-39-23-20-22-38(28-39)29-46(60)66-53(9,10)11;1-10-21(4)29(36(7)33(41)28(34)20(2)3)26(42-8)19-27(38)37-18-14-17-25(37)31(43-9)22(5)32(40)35-23(6)30(39)24-15-12-11-13-16-24;1-13(2)17(18(22)23)20(6)12-15-9-7-8-14(10-15)11-16(21)24-19(3,4)5;/h17-20,22-25,28,33-37,41-42,44,47-50,61H,16,21,26-27,29-32H2,1-15H3,(H,54,62);11-13,15-16,20-23,25-26,28-31,39H,10,14,17-19,34H2,1-9H3,(H,35,40);7-10,13,17H,11-12H2,1-6H3,(H,22,23);1H4/t35-,36+,37+,41-,42-,44+,47-,48-,49+,50+;21-,22+,23+,25-,26+,28-,29-,30+,31+;17-;/m000./s1. The first kappa shape index (κ1) is 120. The first-order valence-corrected chi connectivity index (χ1v) is 48.1. The minimum Gasteiger partial charge on any atom is -0.480 e. The molecule has 0 unspecified atom stereocenters. The number of carbonyl (C=O) groups is 10. The van der Waals surface area contributed by atoms with Crippen LogP contribution < -0.4 is 16.4 Å². The van der Waals surface area contributed by atoms with Gasteiger partial charge in [-0.1, -0.05) is 226 Å². The molecule has 2 aliphatic heterocycles. The van der Waals surface area contributed by atoms with E-state index in [9.17, 15) is 63.3 Å². The molecule has 0 radical (unpaired) electrons. The molecular weight excluding hydrogens is 1700 g/mol. The zero-order valence-corrected chi connectivity index (χ0v) is 86.0. The van der Waals surface area contributed by atoms with Gasteiger partial charge in [0, 0.05) is 81.1 Å². The van der Waals surface area contributed by atoms with Crippen molar-refractivity contribution < 1.29 is 91.7 Å². The average Bonchev–Trinajstić information content (AvgIpc) is 1.79. The number of aliphatic carboxylic acids is 1. The van der Waals surface area contributed by atoms with Gasteiger partial charge in [-0.2, -0.15) is 0 Å². The zero-order valence-electron chi connectivity index (χ0n) is 86.0. The maximum absolute atomic E-state index is 14.7. The normalized spacial score (nSPS) is 18.2. The van der Waals surface area contributed by atoms with Crippen molar-refractivity contribution in [3.05, 3.63) is 143 Å². The van der Waals surface area contributed by atoms with Crippen LogP contribution in [0.2, 0.25) is 0 Å². The topological polar surface area (TPSA) is 356 Å². The number of nitrogens with two attached hydrogens (primary N) is 1. The molecule has 28 heteroatoms. The summed E-state index contributed by atoms with van der Waals surface area (Å²) in [6, 6.07) is 29.6. The maximum Gasteiger partial charge on any atom is 0.321 e. The monoisotopic (exact) mass is 1880 g/mol. The number of esters is 2. The smallest absolute Gasteiger partial charge is 0.321 e. The Balaban J connectivity index is 0.000000579. The summed E-state index contributed by atoms with van der Waals surface area (Å²) in [5.41, 5.74) is 10.2. The number of ketones is 1. The quantitative estimate of drug-likeness (QED) is 0.0224. The van der Waals surface area contributed by atoms with E-state index in [0.717, 1.165) is 53.5 Å². The summed E-state index contributed by atoms with van der Waals surface area (Å²) >= 11 is 0. The second kappa shape index (κ2) is 57.0. The molecule has 20 atom stereocenters. The number of Topliss-reactive ketones (excluding diaryl/α,β-unsaturated/α-hetero) is 1. The van der Waals surface area contributed by atoms with Gasteiger partial charge in [0.1, 0.15) is 17.2 Å². The van der Waals surface area contributed by atoms with Gasteiger partial charge in [0.05, 0.1) is 122 Å². The van der Waals surface area contributed by atoms with E-state index in [1.165, 1.54) is 0 Å². The van der Waals surface area contributed by atoms with Crippen LogP contribution in [-0.2, 0) is 102 Å². The van der Waals surface area contributed by atoms with Crippen LogP contribution in [0.5, 0.6) is 0 Å². The number of carboxylic acid groups (broad SMARTS) is 1. The zero-order chi connectivity index (χ0) is 101. The minimum atomic E-state index is -0.892. The van der Waals surface area contributed by atoms with Gasteiger partial charge in [0.2, 0.25) is 35.4 Å². The summed E-state index contributed by atoms with van der Waals surface area (Å²) in [5, 5.41) is 36.9. The van der Waals surface area contributed by atoms with E-state index < -0.39 is 108 Å². The Hall–Kier alpha value is -8.58. The van der Waals surface area contributed by atoms with Crippen LogP contribution in [0, 0.1) is 53.3 Å². The van der Waals surface area contributed by atoms with E-state index in [0.29, 0.717) is 44.6 Å². The third kappa shape index (κ3) is 36.4. The van der Waals surface area contributed by atoms with E-state index in [1.54, 1.807) is 92.0 Å². The number of hydrogen-bond acceptors (Lipinski definition) is 21. The van der Waals surface area contributed by atoms with Crippen molar-refractivity contribution in [2.24, 2.45) is 59.0 Å². The number of benzene rings is 4. The van der Waals surface area contributed by atoms with Crippen molar-refractivity contribution in [1.29, 1.82) is 0 Å². The Labute approximate surface area is 803 Å². The van der Waals surface area contributed by atoms with Gasteiger partial charge in [0.25, 0.3) is 0 Å². The summed E-state index contributed by atoms with van der Waals surface area (Å²) in [6.45, 7) is 44.0. The average molecular weight is 1880 g/mol. The van der Waals surface area contributed by atoms with Crippen molar-refractivity contribution in [3.63, 3.8) is 0 Å². The number of methoxy groups -OCH3 is 4. The molecule has 0 spiro atoms. The lowest BCUT2D eigenvalue weighted by molar-refractivity contribution is -0.155. The molecule has 134 heavy (non-hydrogen) atoms. The highest BCUT2D eigenvalue weighted by atomic mass is 16.6. The summed E-state index contributed by atoms with van der Waals surface area (Å²) < 4.78 is 34.7. The van der Waals surface area contributed by atoms with E-state index in [1.807, 2.05) is 228 Å². The van der Waals surface area contributed by atoms with E-state index in [-0.39, 0.29) is 146 Å². The van der Waals surface area contributed by atoms with Gasteiger partial charge in [0.15, 0.2) is 5.78 Å². The van der Waals surface area contributed by atoms with Gasteiger partial charge in [-0.05, 0) is 164 Å². The Kier molecular flexibility index (Phi) is 50.8. The Morgan fingerprint density at radius 1 is 0.470 bits per heavy atom. The van der Waals surface area contributed by atoms with Gasteiger partial charge in [-0.3, -0.25) is 57.7 Å². The molecular formula is C106H173N9O19. The second-order valence-corrected chi connectivity index (χ2v) is 40.5. The first-order valence-electron chi connectivity index (χ1n) is 48.1. The highest BCUT2D eigenvalue weighted by molar-refractivity contribution is 5.90. The molecule has 2 heterocycles. The molecule has 2 saturated heterocycles. The third-order valence-electron chi connectivity index (χ3n) is 26.2. The largest absolute Gasteiger partial charge is 0.480 e. The van der Waals surface area contributed by atoms with Crippen LogP contribution in [0.15, 0.2) is 109 Å². The Morgan fingerprint density at radius 2 is 0.821 bits per heavy atom. The SMILES string of the molecule is C.CC(C)[C@@H](C(=O)O)N(C)Cc1cccc(CC(=O)OC(C)(C)C)c1.CC[C@H](C)[C@@H]([C@@H](CC(=O)N1CCC[C@H]1[C@H](OC)[C@@H](C)C(=O)N[C@H](C)[C@@H](O)c1ccccc1)OC)N(C)C(=O)[C@@H](CC(=O)[C@H](C(C)C)N(C)Cc1cccc(CC(=O)OC(C)(C)C)c1)C(C)C.CC[C@H](C)[C@@H]([C@@H](CC(=O)N1CCC[C@H]1[C@H](OC)[C@@H](C)C(=O)N[C@H](C)[C@@H](O)c1ccccc1)OC)N(C)C(=O)[C@@H](N)C(C)C. The number of carbonyl (C=O) groups excluding carboxylic acids is 9. The molecule has 2 fully saturated rings. The lowest BCUT2D eigenvalue weighted by Crippen LogP contribution is -2.56. The van der Waals surface area contributed by atoms with Gasteiger partial charge in [-0.15, -0.1) is 0 Å². The number of likely N-dealkylation sites (tertiary alicyclic amines) is 2. The highest BCUT2D eigenvalue weighted by Crippen LogP contribution is 2.35. The first-order chi connectivity index (χ1) is 62.2. The molecule has 0 aromatic heterocycles. The maximum atomic E-state index is 14.7. The number of ether oxygens (including phenoxy) is 6. The van der Waals surface area contributed by atoms with Crippen LogP contribution in [0.25, 0.3) is 0 Å². The second-order valence-electron chi connectivity index (χ2n) is 40.5. The molecule has 0 bridgehead atoms. The number of nitrogens with zero attached hydrogens (tertiary/aromatic N) is 6. The number of carboxylic acids is 1.